The number of nitrogens with two attached hydrogens (primary N) is 1. The van der Waals surface area contributed by atoms with E-state index < -0.39 is 23.6 Å². The predicted octanol–water partition coefficient (Wildman–Crippen LogP) is 5.70. The number of benzene rings is 2. The summed E-state index contributed by atoms with van der Waals surface area (Å²) in [6.45, 7) is 9.80. The molecule has 70 heavy (non-hydrogen) atoms. The summed E-state index contributed by atoms with van der Waals surface area (Å²) >= 11 is 0. The van der Waals surface area contributed by atoms with E-state index in [2.05, 4.69) is 42.5 Å². The maximum Gasteiger partial charge on any atom is 0.410 e. The van der Waals surface area contributed by atoms with E-state index in [1.807, 2.05) is 52.0 Å². The number of aliphatic imine (C=N–C) groups is 1. The number of nitrogens with zero attached hydrogens (tertiary/aromatic N) is 8. The second-order valence-corrected chi connectivity index (χ2v) is 18.7. The van der Waals surface area contributed by atoms with E-state index in [1.165, 1.54) is 4.90 Å². The van der Waals surface area contributed by atoms with Crippen LogP contribution in [0.2, 0.25) is 0 Å². The van der Waals surface area contributed by atoms with Gasteiger partial charge in [0.1, 0.15) is 34.8 Å². The first kappa shape index (κ1) is 50.8. The van der Waals surface area contributed by atoms with Gasteiger partial charge in [-0.25, -0.2) is 9.78 Å². The molecule has 2 fully saturated rings. The Balaban J connectivity index is 0.872. The van der Waals surface area contributed by atoms with E-state index in [0.717, 1.165) is 37.1 Å². The number of piperidine rings is 1. The Kier molecular flexibility index (Phi) is 16.7. The number of nitrogens with one attached hydrogen (secondary N) is 2. The Labute approximate surface area is 409 Å². The van der Waals surface area contributed by atoms with Crippen LogP contribution in [0.4, 0.5) is 27.9 Å². The molecule has 5 amide bonds. The first-order valence-electron chi connectivity index (χ1n) is 24.2. The summed E-state index contributed by atoms with van der Waals surface area (Å²) in [5.41, 5.74) is 3.75. The van der Waals surface area contributed by atoms with Crippen molar-refractivity contribution in [1.29, 1.82) is 0 Å². The van der Waals surface area contributed by atoms with Gasteiger partial charge in [0.15, 0.2) is 5.82 Å². The molecule has 3 aliphatic heterocycles. The van der Waals surface area contributed by atoms with Crippen LogP contribution in [0.15, 0.2) is 52.7 Å². The SMILES string of the molecule is CCC1C(=O)N(C)c2cnc(Nc3ccc(C(C=NCCCOCCCN(CCC#Cc4cccc5c4CN(C4CCC(=O)NC4=O)C5=O)C(=O)OC(C)(C)C)=NN)cc3OC)nc2N1C1CCCC1. The molecule has 0 radical (unpaired) electrons. The second kappa shape index (κ2) is 23.0. The van der Waals surface area contributed by atoms with E-state index in [4.69, 9.17) is 25.0 Å². The number of ether oxygens (including phenoxy) is 3. The third-order valence-electron chi connectivity index (χ3n) is 12.8. The summed E-state index contributed by atoms with van der Waals surface area (Å²) < 4.78 is 17.3. The lowest BCUT2D eigenvalue weighted by Crippen LogP contribution is -2.55. The normalized spacial score (nSPS) is 18.4. The van der Waals surface area contributed by atoms with Gasteiger partial charge in [0.2, 0.25) is 23.7 Å². The van der Waals surface area contributed by atoms with Gasteiger partial charge in [-0.05, 0) is 89.1 Å². The van der Waals surface area contributed by atoms with Gasteiger partial charge in [-0.15, -0.1) is 0 Å². The third kappa shape index (κ3) is 12.0. The Morgan fingerprint density at radius 3 is 2.59 bits per heavy atom. The molecular formula is C51H65N11O8. The highest BCUT2D eigenvalue weighted by Gasteiger charge is 2.42. The van der Waals surface area contributed by atoms with Gasteiger partial charge in [-0.2, -0.15) is 10.1 Å². The van der Waals surface area contributed by atoms with Gasteiger partial charge < -0.3 is 45.0 Å². The van der Waals surface area contributed by atoms with Crippen LogP contribution in [0.25, 0.3) is 0 Å². The van der Waals surface area contributed by atoms with E-state index in [9.17, 15) is 24.0 Å². The fourth-order valence-corrected chi connectivity index (χ4v) is 9.24. The molecule has 2 atom stereocenters. The van der Waals surface area contributed by atoms with Gasteiger partial charge in [0.25, 0.3) is 5.91 Å². The summed E-state index contributed by atoms with van der Waals surface area (Å²) in [6.07, 6.45) is 9.94. The first-order valence-corrected chi connectivity index (χ1v) is 24.2. The average Bonchev–Trinajstić information content (AvgIpc) is 3.99. The van der Waals surface area contributed by atoms with E-state index in [1.54, 1.807) is 48.5 Å². The van der Waals surface area contributed by atoms with Crippen LogP contribution in [-0.2, 0) is 30.4 Å². The lowest BCUT2D eigenvalue weighted by Gasteiger charge is -2.43. The minimum absolute atomic E-state index is 0.0608. The molecule has 1 saturated carbocycles. The smallest absolute Gasteiger partial charge is 0.410 e. The van der Waals surface area contributed by atoms with Crippen molar-refractivity contribution in [3.63, 3.8) is 0 Å². The van der Waals surface area contributed by atoms with Crippen molar-refractivity contribution in [3.05, 3.63) is 64.8 Å². The predicted molar refractivity (Wildman–Crippen MR) is 266 cm³/mol. The maximum absolute atomic E-state index is 13.3. The van der Waals surface area contributed by atoms with Gasteiger partial charge >= 0.3 is 6.09 Å². The zero-order chi connectivity index (χ0) is 50.0. The molecule has 4 N–H and O–H groups in total. The third-order valence-corrected chi connectivity index (χ3v) is 12.8. The highest BCUT2D eigenvalue weighted by molar-refractivity contribution is 6.38. The van der Waals surface area contributed by atoms with Crippen molar-refractivity contribution >= 4 is 64.8 Å². The highest BCUT2D eigenvalue weighted by atomic mass is 16.6. The highest BCUT2D eigenvalue weighted by Crippen LogP contribution is 2.40. The number of carbonyl (C=O) groups is 5. The number of rotatable bonds is 18. The number of aromatic nitrogens is 2. The van der Waals surface area contributed by atoms with Gasteiger partial charge in [-0.1, -0.05) is 43.7 Å². The molecule has 0 bridgehead atoms. The van der Waals surface area contributed by atoms with Crippen LogP contribution in [0.5, 0.6) is 5.75 Å². The largest absolute Gasteiger partial charge is 0.495 e. The number of likely N-dealkylation sites (N-methyl/N-ethyl adjacent to an activating group) is 1. The molecule has 1 saturated heterocycles. The number of fused-ring (bicyclic) bond motifs is 2. The minimum atomic E-state index is -0.709. The number of carbonyl (C=O) groups excluding carboxylic acids is 5. The number of imide groups is 1. The Bertz CT molecular complexity index is 2560. The molecule has 4 aliphatic rings. The standard InChI is InChI=1S/C51H65N11O8/c1-7-40-48(66)59(5)42-31-54-49(57-45(42)62(40)35-17-8-9-18-35)55-38-21-20-34(29-43(38)68-6)39(58-52)30-53-24-13-27-69-28-14-26-60(50(67)70-51(2,3)4)25-11-10-15-33-16-12-19-36-37(33)32-61(47(36)65)41-22-23-44(63)56-46(41)64/h12,16,19-21,29-31,35,40-41H,7-9,11,13-14,17-18,22-28,32,52H2,1-6H3,(H,54,55,57)(H,56,63,64). The molecule has 2 aromatic carbocycles. The molecule has 0 spiro atoms. The average molecular weight is 960 g/mol. The zero-order valence-corrected chi connectivity index (χ0v) is 41.1. The van der Waals surface area contributed by atoms with Crippen LogP contribution in [0, 0.1) is 11.8 Å². The van der Waals surface area contributed by atoms with E-state index in [-0.39, 0.29) is 49.2 Å². The summed E-state index contributed by atoms with van der Waals surface area (Å²) in [6, 6.07) is 10.1. The van der Waals surface area contributed by atoms with Crippen molar-refractivity contribution in [2.45, 2.75) is 122 Å². The summed E-state index contributed by atoms with van der Waals surface area (Å²) in [5.74, 6) is 12.8. The van der Waals surface area contributed by atoms with Crippen molar-refractivity contribution < 1.29 is 38.2 Å². The maximum atomic E-state index is 13.3. The van der Waals surface area contributed by atoms with Crippen LogP contribution < -0.4 is 31.0 Å². The van der Waals surface area contributed by atoms with Crippen molar-refractivity contribution in [2.24, 2.45) is 15.9 Å². The quantitative estimate of drug-likeness (QED) is 0.0348. The number of amides is 5. The number of hydrogen-bond acceptors (Lipinski definition) is 15. The summed E-state index contributed by atoms with van der Waals surface area (Å²) in [5, 5.41) is 9.62. The van der Waals surface area contributed by atoms with Crippen LogP contribution in [0.1, 0.15) is 119 Å². The molecule has 19 nitrogen and oxygen atoms in total. The van der Waals surface area contributed by atoms with Gasteiger partial charge in [-0.3, -0.25) is 29.5 Å². The fraction of sp³-hybridized carbons (Fsp3) is 0.510. The molecule has 7 rings (SSSR count). The van der Waals surface area contributed by atoms with Crippen LogP contribution in [0.3, 0.4) is 0 Å². The zero-order valence-electron chi connectivity index (χ0n) is 41.1. The van der Waals surface area contributed by atoms with Crippen LogP contribution in [-0.4, -0.2) is 132 Å². The minimum Gasteiger partial charge on any atom is -0.495 e. The molecule has 4 heterocycles. The molecule has 1 aliphatic carbocycles. The molecule has 3 aromatic rings. The first-order chi connectivity index (χ1) is 33.7. The monoisotopic (exact) mass is 960 g/mol. The van der Waals surface area contributed by atoms with Crippen molar-refractivity contribution in [2.75, 3.05) is 62.1 Å². The Morgan fingerprint density at radius 2 is 1.86 bits per heavy atom. The van der Waals surface area contributed by atoms with Gasteiger partial charge in [0.05, 0.1) is 19.0 Å². The fourth-order valence-electron chi connectivity index (χ4n) is 9.24. The van der Waals surface area contributed by atoms with E-state index >= 15 is 0 Å². The van der Waals surface area contributed by atoms with Crippen molar-refractivity contribution in [1.82, 2.24) is 25.1 Å². The number of hydrazone groups is 1. The summed E-state index contributed by atoms with van der Waals surface area (Å²) in [4.78, 5) is 85.0. The Hall–Kier alpha value is -7.07. The topological polar surface area (TPSA) is 227 Å². The second-order valence-electron chi connectivity index (χ2n) is 18.7. The number of anilines is 4. The summed E-state index contributed by atoms with van der Waals surface area (Å²) in [7, 11) is 3.36. The van der Waals surface area contributed by atoms with Gasteiger partial charge in [0, 0.05) is 88.2 Å². The molecule has 2 unspecified atom stereocenters. The Morgan fingerprint density at radius 1 is 1.07 bits per heavy atom. The number of methoxy groups -OCH3 is 1. The lowest BCUT2D eigenvalue weighted by atomic mass is 10.0. The molecule has 372 valence electrons. The number of hydrogen-bond donors (Lipinski definition) is 3. The van der Waals surface area contributed by atoms with E-state index in [0.29, 0.717) is 104 Å². The lowest BCUT2D eigenvalue weighted by molar-refractivity contribution is -0.137. The molecular weight excluding hydrogens is 895 g/mol. The molecule has 19 heteroatoms. The van der Waals surface area contributed by atoms with Crippen molar-refractivity contribution in [3.8, 4) is 17.6 Å². The van der Waals surface area contributed by atoms with Crippen LogP contribution >= 0.6 is 0 Å². The molecule has 1 aromatic heterocycles.